The monoisotopic (exact) mass is 536 g/mol. The molecule has 190 valence electrons. The summed E-state index contributed by atoms with van der Waals surface area (Å²) in [6, 6.07) is 20.8. The molecule has 6 rings (SSSR count). The average molecular weight is 537 g/mol. The summed E-state index contributed by atoms with van der Waals surface area (Å²) in [6.45, 7) is 0. The van der Waals surface area contributed by atoms with Crippen LogP contribution in [-0.4, -0.2) is 26.4 Å². The van der Waals surface area contributed by atoms with E-state index in [2.05, 4.69) is 26.8 Å². The number of nitrogens with one attached hydrogen (secondary N) is 2. The van der Waals surface area contributed by atoms with Crippen LogP contribution >= 0.6 is 11.6 Å². The first-order valence-corrected chi connectivity index (χ1v) is 12.3. The first-order chi connectivity index (χ1) is 18.9. The number of hydrogen-bond donors (Lipinski definition) is 2. The van der Waals surface area contributed by atoms with Crippen LogP contribution in [0.5, 0.6) is 0 Å². The number of fused-ring (bicyclic) bond motifs is 2. The number of hydrogen-bond acceptors (Lipinski definition) is 5. The van der Waals surface area contributed by atoms with Crippen molar-refractivity contribution in [2.24, 2.45) is 0 Å². The molecule has 10 heteroatoms. The molecule has 0 radical (unpaired) electrons. The van der Waals surface area contributed by atoms with Crippen LogP contribution in [0.25, 0.3) is 16.8 Å². The minimum atomic E-state index is -1.10. The second-order valence-electron chi connectivity index (χ2n) is 9.00. The number of carbonyl (C=O) groups excluding carboxylic acids is 2. The maximum atomic E-state index is 14.2. The van der Waals surface area contributed by atoms with Gasteiger partial charge in [0, 0.05) is 39.2 Å². The van der Waals surface area contributed by atoms with Crippen molar-refractivity contribution in [3.8, 4) is 17.2 Å². The molecule has 2 N–H and O–H groups in total. The Labute approximate surface area is 226 Å². The highest BCUT2D eigenvalue weighted by molar-refractivity contribution is 6.31. The van der Waals surface area contributed by atoms with Gasteiger partial charge in [-0.2, -0.15) is 10.4 Å². The zero-order valence-corrected chi connectivity index (χ0v) is 20.9. The fraction of sp³-hybridized carbons (Fsp3) is 0.0690. The van der Waals surface area contributed by atoms with Gasteiger partial charge in [0.05, 0.1) is 12.1 Å². The molecule has 0 saturated carbocycles. The highest BCUT2D eigenvalue weighted by Crippen LogP contribution is 2.42. The van der Waals surface area contributed by atoms with Crippen molar-refractivity contribution < 1.29 is 14.0 Å². The number of pyridine rings is 1. The maximum absolute atomic E-state index is 14.2. The lowest BCUT2D eigenvalue weighted by Crippen LogP contribution is -2.23. The van der Waals surface area contributed by atoms with E-state index in [-0.39, 0.29) is 5.02 Å². The van der Waals surface area contributed by atoms with E-state index in [0.717, 1.165) is 0 Å². The molecule has 0 saturated heterocycles. The van der Waals surface area contributed by atoms with Gasteiger partial charge < -0.3 is 10.6 Å². The summed E-state index contributed by atoms with van der Waals surface area (Å²) < 4.78 is 15.8. The van der Waals surface area contributed by atoms with Crippen LogP contribution in [0.4, 0.5) is 10.1 Å². The highest BCUT2D eigenvalue weighted by atomic mass is 35.5. The number of benzene rings is 3. The molecule has 1 aliphatic heterocycles. The molecule has 5 aromatic rings. The maximum Gasteiger partial charge on any atom is 0.252 e. The van der Waals surface area contributed by atoms with Gasteiger partial charge in [0.25, 0.3) is 5.91 Å². The Kier molecular flexibility index (Phi) is 6.02. The fourth-order valence-corrected chi connectivity index (χ4v) is 5.02. The van der Waals surface area contributed by atoms with Crippen LogP contribution < -0.4 is 10.6 Å². The smallest absolute Gasteiger partial charge is 0.252 e. The lowest BCUT2D eigenvalue weighted by Gasteiger charge is -2.20. The first-order valence-electron chi connectivity index (χ1n) is 11.9. The van der Waals surface area contributed by atoms with Gasteiger partial charge in [-0.3, -0.25) is 9.59 Å². The van der Waals surface area contributed by atoms with E-state index in [9.17, 15) is 19.2 Å². The second-order valence-corrected chi connectivity index (χ2v) is 9.41. The summed E-state index contributed by atoms with van der Waals surface area (Å²) in [7, 11) is 0. The molecule has 39 heavy (non-hydrogen) atoms. The third-order valence-corrected chi connectivity index (χ3v) is 6.99. The van der Waals surface area contributed by atoms with E-state index in [4.69, 9.17) is 11.6 Å². The number of nitrogens with zero attached hydrogens (tertiary/aromatic N) is 4. The van der Waals surface area contributed by atoms with Gasteiger partial charge in [-0.05, 0) is 53.6 Å². The second kappa shape index (κ2) is 9.67. The van der Waals surface area contributed by atoms with E-state index in [0.29, 0.717) is 44.7 Å². The summed E-state index contributed by atoms with van der Waals surface area (Å²) in [5.74, 6) is -2.60. The molecule has 8 nitrogen and oxygen atoms in total. The van der Waals surface area contributed by atoms with Crippen molar-refractivity contribution in [1.82, 2.24) is 19.9 Å². The van der Waals surface area contributed by atoms with Gasteiger partial charge in [0.2, 0.25) is 5.91 Å². The summed E-state index contributed by atoms with van der Waals surface area (Å²) in [5, 5.41) is 20.0. The predicted octanol–water partition coefficient (Wildman–Crippen LogP) is 5.27. The van der Waals surface area contributed by atoms with Crippen molar-refractivity contribution in [2.45, 2.75) is 12.0 Å². The molecule has 2 atom stereocenters. The molecule has 2 aromatic heterocycles. The standard InChI is InChI=1S/C29H18ClFN6O2/c30-23-8-7-19(31)12-20(23)27-26-21(28(38)36-27)10-18(17-6-9-25-33-15-34-37(25)14-17)11-24(26)35-29(39)22(13-32)16-4-2-1-3-5-16/h1-12,14-15,22,27H,(H,35,39)(H,36,38). The largest absolute Gasteiger partial charge is 0.341 e. The van der Waals surface area contributed by atoms with Gasteiger partial charge in [-0.1, -0.05) is 41.9 Å². The van der Waals surface area contributed by atoms with Crippen molar-refractivity contribution in [3.63, 3.8) is 0 Å². The van der Waals surface area contributed by atoms with Crippen LogP contribution in [0.3, 0.4) is 0 Å². The topological polar surface area (TPSA) is 112 Å². The molecular weight excluding hydrogens is 519 g/mol. The summed E-state index contributed by atoms with van der Waals surface area (Å²) in [4.78, 5) is 30.8. The number of anilines is 1. The lowest BCUT2D eigenvalue weighted by atomic mass is 9.92. The van der Waals surface area contributed by atoms with Crippen LogP contribution in [0.2, 0.25) is 5.02 Å². The first kappa shape index (κ1) is 24.3. The Hall–Kier alpha value is -5.07. The molecule has 3 heterocycles. The Bertz CT molecular complexity index is 1810. The Morgan fingerprint density at radius 2 is 1.92 bits per heavy atom. The number of nitriles is 1. The Morgan fingerprint density at radius 3 is 2.72 bits per heavy atom. The molecule has 0 spiro atoms. The number of amides is 2. The summed E-state index contributed by atoms with van der Waals surface area (Å²) in [6.07, 6.45) is 3.19. The number of rotatable bonds is 5. The molecule has 2 amide bonds. The van der Waals surface area contributed by atoms with E-state index >= 15 is 0 Å². The molecule has 0 fully saturated rings. The van der Waals surface area contributed by atoms with Gasteiger partial charge in [-0.15, -0.1) is 0 Å². The highest BCUT2D eigenvalue weighted by Gasteiger charge is 2.35. The third-order valence-electron chi connectivity index (χ3n) is 6.65. The molecule has 0 aliphatic carbocycles. The zero-order chi connectivity index (χ0) is 27.1. The molecule has 2 unspecified atom stereocenters. The van der Waals surface area contributed by atoms with Crippen LogP contribution in [0.1, 0.15) is 39.0 Å². The Balaban J connectivity index is 1.50. The van der Waals surface area contributed by atoms with Crippen molar-refractivity contribution >= 4 is 34.7 Å². The molecule has 3 aromatic carbocycles. The minimum absolute atomic E-state index is 0.256. The molecule has 0 bridgehead atoms. The lowest BCUT2D eigenvalue weighted by molar-refractivity contribution is -0.116. The van der Waals surface area contributed by atoms with E-state index in [1.807, 2.05) is 6.07 Å². The van der Waals surface area contributed by atoms with Crippen LogP contribution in [0.15, 0.2) is 85.3 Å². The molecular formula is C29H18ClFN6O2. The number of aromatic nitrogens is 3. The van der Waals surface area contributed by atoms with Gasteiger partial charge in [-0.25, -0.2) is 13.9 Å². The van der Waals surface area contributed by atoms with Crippen LogP contribution in [0, 0.1) is 17.1 Å². The van der Waals surface area contributed by atoms with Crippen molar-refractivity contribution in [1.29, 1.82) is 5.26 Å². The third kappa shape index (κ3) is 4.37. The van der Waals surface area contributed by atoms with Gasteiger partial charge in [0.15, 0.2) is 11.6 Å². The van der Waals surface area contributed by atoms with E-state index in [1.54, 1.807) is 59.2 Å². The van der Waals surface area contributed by atoms with E-state index in [1.165, 1.54) is 24.5 Å². The molecule has 1 aliphatic rings. The SMILES string of the molecule is N#CC(C(=O)Nc1cc(-c2ccc3ncnn3c2)cc2c1C(c1cc(F)ccc1Cl)NC2=O)c1ccccc1. The van der Waals surface area contributed by atoms with Crippen molar-refractivity contribution in [2.75, 3.05) is 5.32 Å². The van der Waals surface area contributed by atoms with Gasteiger partial charge in [0.1, 0.15) is 12.1 Å². The van der Waals surface area contributed by atoms with Crippen LogP contribution in [-0.2, 0) is 4.79 Å². The number of carbonyl (C=O) groups is 2. The zero-order valence-electron chi connectivity index (χ0n) is 20.1. The predicted molar refractivity (Wildman–Crippen MR) is 143 cm³/mol. The quantitative estimate of drug-likeness (QED) is 0.318. The van der Waals surface area contributed by atoms with Crippen molar-refractivity contribution in [3.05, 3.63) is 118 Å². The fourth-order valence-electron chi connectivity index (χ4n) is 4.79. The Morgan fingerprint density at radius 1 is 1.10 bits per heavy atom. The number of halogens is 2. The minimum Gasteiger partial charge on any atom is -0.341 e. The normalized spacial score (nSPS) is 14.9. The van der Waals surface area contributed by atoms with E-state index < -0.39 is 29.6 Å². The summed E-state index contributed by atoms with van der Waals surface area (Å²) >= 11 is 6.41. The average Bonchev–Trinajstić information content (AvgIpc) is 3.55. The van der Waals surface area contributed by atoms with Gasteiger partial charge >= 0.3 is 0 Å². The summed E-state index contributed by atoms with van der Waals surface area (Å²) in [5.41, 5.74) is 3.87.